The maximum absolute atomic E-state index is 11.8. The monoisotopic (exact) mass is 255 g/mol. The quantitative estimate of drug-likeness (QED) is 0.755. The van der Waals surface area contributed by atoms with Gasteiger partial charge in [0.05, 0.1) is 19.8 Å². The third-order valence-electron chi connectivity index (χ3n) is 2.75. The van der Waals surface area contributed by atoms with Gasteiger partial charge in [-0.3, -0.25) is 19.5 Å². The van der Waals surface area contributed by atoms with E-state index >= 15 is 0 Å². The first-order valence-electron chi connectivity index (χ1n) is 6.13. The molecule has 7 heteroatoms. The highest BCUT2D eigenvalue weighted by Crippen LogP contribution is 2.03. The number of aromatic nitrogens is 2. The number of carbonyl (C=O) groups is 1. The molecule has 0 bridgehead atoms. The third kappa shape index (κ3) is 3.51. The predicted octanol–water partition coefficient (Wildman–Crippen LogP) is -0.186. The smallest absolute Gasteiger partial charge is 0.302 e. The zero-order valence-corrected chi connectivity index (χ0v) is 10.8. The third-order valence-corrected chi connectivity index (χ3v) is 2.75. The van der Waals surface area contributed by atoms with E-state index in [9.17, 15) is 4.79 Å². The Balaban J connectivity index is 1.82. The van der Waals surface area contributed by atoms with Crippen molar-refractivity contribution in [1.82, 2.24) is 10.2 Å². The largest absolute Gasteiger partial charge is 0.379 e. The van der Waals surface area contributed by atoms with Gasteiger partial charge in [-0.05, 0) is 18.5 Å². The van der Waals surface area contributed by atoms with Gasteiger partial charge < -0.3 is 4.74 Å². The summed E-state index contributed by atoms with van der Waals surface area (Å²) in [6.45, 7) is 7.27. The van der Waals surface area contributed by atoms with Gasteiger partial charge in [0.15, 0.2) is 6.04 Å². The average molecular weight is 255 g/mol. The molecule has 0 spiro atoms. The lowest BCUT2D eigenvalue weighted by atomic mass is 10.4. The number of amides is 1. The van der Waals surface area contributed by atoms with Gasteiger partial charge in [-0.2, -0.15) is 0 Å². The van der Waals surface area contributed by atoms with Crippen molar-refractivity contribution < 1.29 is 18.7 Å². The molecule has 1 aromatic rings. The lowest BCUT2D eigenvalue weighted by Gasteiger charge is -2.25. The first-order chi connectivity index (χ1) is 8.65. The van der Waals surface area contributed by atoms with E-state index < -0.39 is 0 Å². The van der Waals surface area contributed by atoms with Crippen LogP contribution in [0.1, 0.15) is 19.9 Å². The number of hydrogen-bond acceptors (Lipinski definition) is 5. The molecule has 1 aliphatic rings. The molecule has 0 unspecified atom stereocenters. The standard InChI is InChI=1S/C11H18N4O3/c1-9(2)15-8-11(18-13-15)12-10(16)7-14-3-5-17-6-4-14/h8-9H,3-7H2,1-2H3/p+1. The minimum absolute atomic E-state index is 0.0936. The van der Waals surface area contributed by atoms with E-state index in [1.807, 2.05) is 18.7 Å². The van der Waals surface area contributed by atoms with Crippen LogP contribution in [0.5, 0.6) is 0 Å². The number of nitrogens with one attached hydrogen (secondary N) is 1. The molecule has 7 nitrogen and oxygen atoms in total. The van der Waals surface area contributed by atoms with Crippen molar-refractivity contribution in [1.29, 1.82) is 0 Å². The number of morpholine rings is 1. The van der Waals surface area contributed by atoms with Crippen LogP contribution >= 0.6 is 0 Å². The summed E-state index contributed by atoms with van der Waals surface area (Å²) in [6.07, 6.45) is 1.68. The van der Waals surface area contributed by atoms with Gasteiger partial charge in [0, 0.05) is 13.1 Å². The first-order valence-corrected chi connectivity index (χ1v) is 6.13. The lowest BCUT2D eigenvalue weighted by Crippen LogP contribution is -2.41. The van der Waals surface area contributed by atoms with Gasteiger partial charge in [-0.15, -0.1) is 0 Å². The molecule has 18 heavy (non-hydrogen) atoms. The van der Waals surface area contributed by atoms with Crippen LogP contribution < -0.4 is 10.00 Å². The number of nitrogens with zero attached hydrogens (tertiary/aromatic N) is 3. The maximum atomic E-state index is 11.8. The van der Waals surface area contributed by atoms with Gasteiger partial charge in [-0.25, -0.2) is 0 Å². The summed E-state index contributed by atoms with van der Waals surface area (Å²) < 4.78 is 11.9. The van der Waals surface area contributed by atoms with Crippen molar-refractivity contribution in [2.24, 2.45) is 0 Å². The molecule has 2 rings (SSSR count). The van der Waals surface area contributed by atoms with Crippen LogP contribution in [-0.4, -0.2) is 48.9 Å². The van der Waals surface area contributed by atoms with E-state index in [0.29, 0.717) is 25.6 Å². The second kappa shape index (κ2) is 5.92. The molecule has 0 saturated carbocycles. The van der Waals surface area contributed by atoms with E-state index in [-0.39, 0.29) is 11.9 Å². The molecule has 100 valence electrons. The van der Waals surface area contributed by atoms with Gasteiger partial charge in [0.25, 0.3) is 6.20 Å². The maximum Gasteiger partial charge on any atom is 0.302 e. The number of ether oxygens (including phenoxy) is 1. The molecule has 1 amide bonds. The Morgan fingerprint density at radius 1 is 1.56 bits per heavy atom. The van der Waals surface area contributed by atoms with Crippen LogP contribution in [0.15, 0.2) is 10.7 Å². The van der Waals surface area contributed by atoms with E-state index in [4.69, 9.17) is 9.26 Å². The molecule has 0 radical (unpaired) electrons. The number of anilines is 1. The molecule has 1 aromatic heterocycles. The molecule has 0 atom stereocenters. The molecule has 0 aliphatic carbocycles. The minimum atomic E-state index is -0.0936. The van der Waals surface area contributed by atoms with Crippen LogP contribution in [0.2, 0.25) is 0 Å². The average Bonchev–Trinajstić information content (AvgIpc) is 2.78. The SMILES string of the molecule is CC(C)[n+]1cc(NC(=O)CN2CCOCC2)on1. The number of rotatable bonds is 4. The van der Waals surface area contributed by atoms with Crippen molar-refractivity contribution in [3.05, 3.63) is 6.20 Å². The highest BCUT2D eigenvalue weighted by Gasteiger charge is 2.19. The van der Waals surface area contributed by atoms with Crippen LogP contribution in [-0.2, 0) is 9.53 Å². The Labute approximate surface area is 106 Å². The molecule has 1 saturated heterocycles. The van der Waals surface area contributed by atoms with Crippen molar-refractivity contribution in [2.75, 3.05) is 38.2 Å². The van der Waals surface area contributed by atoms with Crippen molar-refractivity contribution in [3.8, 4) is 0 Å². The summed E-state index contributed by atoms with van der Waals surface area (Å²) in [4.78, 5) is 13.8. The summed E-state index contributed by atoms with van der Waals surface area (Å²) in [5.41, 5.74) is 0. The highest BCUT2D eigenvalue weighted by molar-refractivity contribution is 5.90. The Bertz CT molecular complexity index is 399. The van der Waals surface area contributed by atoms with Crippen LogP contribution in [0.25, 0.3) is 0 Å². The van der Waals surface area contributed by atoms with Crippen molar-refractivity contribution in [3.63, 3.8) is 0 Å². The van der Waals surface area contributed by atoms with Crippen molar-refractivity contribution in [2.45, 2.75) is 19.9 Å². The molecule has 1 N–H and O–H groups in total. The lowest BCUT2D eigenvalue weighted by molar-refractivity contribution is -0.779. The van der Waals surface area contributed by atoms with E-state index in [2.05, 4.69) is 10.6 Å². The second-order valence-electron chi connectivity index (χ2n) is 4.58. The van der Waals surface area contributed by atoms with E-state index in [1.54, 1.807) is 10.9 Å². The van der Waals surface area contributed by atoms with Crippen LogP contribution in [0.4, 0.5) is 5.88 Å². The van der Waals surface area contributed by atoms with E-state index in [1.165, 1.54) is 0 Å². The number of carbonyl (C=O) groups excluding carboxylic acids is 1. The fourth-order valence-corrected chi connectivity index (χ4v) is 1.70. The Morgan fingerprint density at radius 2 is 2.28 bits per heavy atom. The topological polar surface area (TPSA) is 71.5 Å². The molecule has 1 fully saturated rings. The van der Waals surface area contributed by atoms with Crippen LogP contribution in [0.3, 0.4) is 0 Å². The predicted molar refractivity (Wildman–Crippen MR) is 63.0 cm³/mol. The van der Waals surface area contributed by atoms with Gasteiger partial charge in [-0.1, -0.05) is 0 Å². The fraction of sp³-hybridized carbons (Fsp3) is 0.727. The second-order valence-corrected chi connectivity index (χ2v) is 4.58. The molecule has 1 aliphatic heterocycles. The summed E-state index contributed by atoms with van der Waals surface area (Å²) in [5, 5.41) is 6.50. The summed E-state index contributed by atoms with van der Waals surface area (Å²) >= 11 is 0. The Hall–Kier alpha value is -1.47. The molecular formula is C11H19N4O3+. The Morgan fingerprint density at radius 3 is 2.89 bits per heavy atom. The normalized spacial score (nSPS) is 17.1. The summed E-state index contributed by atoms with van der Waals surface area (Å²) in [5.74, 6) is 0.283. The molecule has 2 heterocycles. The van der Waals surface area contributed by atoms with E-state index in [0.717, 1.165) is 13.1 Å². The summed E-state index contributed by atoms with van der Waals surface area (Å²) in [6, 6.07) is 0.207. The molecular weight excluding hydrogens is 236 g/mol. The number of hydrogen-bond donors (Lipinski definition) is 1. The first kappa shape index (κ1) is 13.0. The van der Waals surface area contributed by atoms with Gasteiger partial charge >= 0.3 is 5.88 Å². The zero-order valence-electron chi connectivity index (χ0n) is 10.8. The molecule has 0 aromatic carbocycles. The van der Waals surface area contributed by atoms with Crippen LogP contribution in [0, 0.1) is 0 Å². The zero-order chi connectivity index (χ0) is 13.0. The fourth-order valence-electron chi connectivity index (χ4n) is 1.70. The van der Waals surface area contributed by atoms with Crippen molar-refractivity contribution >= 4 is 11.8 Å². The Kier molecular flexibility index (Phi) is 4.27. The minimum Gasteiger partial charge on any atom is -0.379 e. The van der Waals surface area contributed by atoms with Gasteiger partial charge in [0.2, 0.25) is 11.2 Å². The van der Waals surface area contributed by atoms with Gasteiger partial charge in [0.1, 0.15) is 0 Å². The summed E-state index contributed by atoms with van der Waals surface area (Å²) in [7, 11) is 0. The highest BCUT2D eigenvalue weighted by atomic mass is 16.5.